The fourth-order valence-electron chi connectivity index (χ4n) is 6.62. The summed E-state index contributed by atoms with van der Waals surface area (Å²) in [6.45, 7) is 0. The van der Waals surface area contributed by atoms with Gasteiger partial charge in [-0.25, -0.2) is 4.98 Å². The maximum Gasteiger partial charge on any atom is 0.143 e. The highest BCUT2D eigenvalue weighted by Crippen LogP contribution is 2.40. The molecule has 0 aliphatic heterocycles. The normalized spacial score (nSPS) is 11.5. The molecule has 7 aromatic carbocycles. The summed E-state index contributed by atoms with van der Waals surface area (Å²) < 4.78 is 6.56. The van der Waals surface area contributed by atoms with Crippen molar-refractivity contribution in [2.45, 2.75) is 0 Å². The van der Waals surface area contributed by atoms with Crippen LogP contribution >= 0.6 is 0 Å². The van der Waals surface area contributed by atoms with E-state index in [2.05, 4.69) is 163 Å². The Morgan fingerprint density at radius 1 is 0.435 bits per heavy atom. The summed E-state index contributed by atoms with van der Waals surface area (Å²) in [7, 11) is 0. The highest BCUT2D eigenvalue weighted by atomic mass is 16.3. The van der Waals surface area contributed by atoms with Gasteiger partial charge in [0.2, 0.25) is 0 Å². The molecule has 0 unspecified atom stereocenters. The zero-order valence-electron chi connectivity index (χ0n) is 25.0. The topological polar surface area (TPSA) is 29.3 Å². The Hall–Kier alpha value is -6.19. The van der Waals surface area contributed by atoms with E-state index in [1.807, 2.05) is 12.3 Å². The number of furan rings is 1. The molecule has 0 atom stereocenters. The third kappa shape index (κ3) is 4.41. The van der Waals surface area contributed by atoms with E-state index in [9.17, 15) is 0 Å². The van der Waals surface area contributed by atoms with Crippen LogP contribution in [0.3, 0.4) is 0 Å². The molecule has 2 heterocycles. The van der Waals surface area contributed by atoms with E-state index in [0.29, 0.717) is 0 Å². The van der Waals surface area contributed by atoms with Gasteiger partial charge >= 0.3 is 0 Å². The highest BCUT2D eigenvalue weighted by Gasteiger charge is 2.18. The van der Waals surface area contributed by atoms with Crippen LogP contribution in [0.25, 0.3) is 65.7 Å². The standard InChI is InChI=1S/C43H28N2O/c1-2-9-29(10-3-1)30-17-22-34(23-18-30)45(35-24-19-33(20-25-35)37-16-8-13-31-11-4-6-14-36(31)37)42-27-41-40(28-44-42)39-26-21-32-12-5-7-15-38(32)43(39)46-41/h1-28H. The first-order valence-corrected chi connectivity index (χ1v) is 15.5. The lowest BCUT2D eigenvalue weighted by atomic mass is 9.98. The van der Waals surface area contributed by atoms with Crippen molar-refractivity contribution >= 4 is 60.7 Å². The Morgan fingerprint density at radius 2 is 1.04 bits per heavy atom. The van der Waals surface area contributed by atoms with Gasteiger partial charge in [0, 0.05) is 39.8 Å². The molecular formula is C43H28N2O. The van der Waals surface area contributed by atoms with Gasteiger partial charge < -0.3 is 4.42 Å². The van der Waals surface area contributed by atoms with Crippen LogP contribution in [0.4, 0.5) is 17.2 Å². The van der Waals surface area contributed by atoms with Crippen LogP contribution in [0, 0.1) is 0 Å². The summed E-state index contributed by atoms with van der Waals surface area (Å²) in [5.74, 6) is 0.793. The minimum atomic E-state index is 0.793. The quantitative estimate of drug-likeness (QED) is 0.200. The SMILES string of the molecule is c1ccc(-c2ccc(N(c3ccc(-c4cccc5ccccc45)cc3)c3cc4oc5c6ccccc6ccc5c4cn3)cc2)cc1. The first kappa shape index (κ1) is 26.2. The van der Waals surface area contributed by atoms with Gasteiger partial charge in [-0.2, -0.15) is 0 Å². The molecule has 0 fully saturated rings. The van der Waals surface area contributed by atoms with E-state index in [0.717, 1.165) is 49.9 Å². The second-order valence-electron chi connectivity index (χ2n) is 11.6. The molecule has 0 aliphatic carbocycles. The molecule has 216 valence electrons. The molecule has 46 heavy (non-hydrogen) atoms. The Bertz CT molecular complexity index is 2510. The van der Waals surface area contributed by atoms with Gasteiger partial charge in [0.05, 0.1) is 0 Å². The molecule has 0 N–H and O–H groups in total. The highest BCUT2D eigenvalue weighted by molar-refractivity contribution is 6.15. The van der Waals surface area contributed by atoms with E-state index >= 15 is 0 Å². The maximum atomic E-state index is 6.56. The molecule has 0 spiro atoms. The third-order valence-corrected chi connectivity index (χ3v) is 8.92. The molecule has 0 radical (unpaired) electrons. The fourth-order valence-corrected chi connectivity index (χ4v) is 6.62. The van der Waals surface area contributed by atoms with E-state index < -0.39 is 0 Å². The van der Waals surface area contributed by atoms with E-state index in [-0.39, 0.29) is 0 Å². The zero-order chi connectivity index (χ0) is 30.5. The van der Waals surface area contributed by atoms with Gasteiger partial charge in [-0.1, -0.05) is 127 Å². The first-order chi connectivity index (χ1) is 22.8. The lowest BCUT2D eigenvalue weighted by Gasteiger charge is -2.25. The Balaban J connectivity index is 1.18. The number of nitrogens with zero attached hydrogens (tertiary/aromatic N) is 2. The number of aromatic nitrogens is 1. The summed E-state index contributed by atoms with van der Waals surface area (Å²) in [6, 6.07) is 57.6. The van der Waals surface area contributed by atoms with Crippen molar-refractivity contribution in [2.24, 2.45) is 0 Å². The van der Waals surface area contributed by atoms with Gasteiger partial charge in [0.1, 0.15) is 17.0 Å². The molecule has 3 heteroatoms. The number of pyridine rings is 1. The molecule has 2 aromatic heterocycles. The van der Waals surface area contributed by atoms with Gasteiger partial charge in [-0.05, 0) is 68.7 Å². The summed E-state index contributed by atoms with van der Waals surface area (Å²) in [4.78, 5) is 7.23. The van der Waals surface area contributed by atoms with Crippen LogP contribution in [0.15, 0.2) is 174 Å². The second kappa shape index (κ2) is 10.8. The van der Waals surface area contributed by atoms with Crippen molar-refractivity contribution in [3.05, 3.63) is 170 Å². The molecule has 9 rings (SSSR count). The molecule has 0 aliphatic rings. The summed E-state index contributed by atoms with van der Waals surface area (Å²) in [6.07, 6.45) is 1.95. The average Bonchev–Trinajstić information content (AvgIpc) is 3.51. The number of hydrogen-bond donors (Lipinski definition) is 0. The lowest BCUT2D eigenvalue weighted by molar-refractivity contribution is 0.672. The zero-order valence-corrected chi connectivity index (χ0v) is 25.0. The lowest BCUT2D eigenvalue weighted by Crippen LogP contribution is -2.11. The van der Waals surface area contributed by atoms with Crippen molar-refractivity contribution in [3.63, 3.8) is 0 Å². The van der Waals surface area contributed by atoms with E-state index in [1.165, 1.54) is 33.0 Å². The van der Waals surface area contributed by atoms with Gasteiger partial charge in [0.25, 0.3) is 0 Å². The van der Waals surface area contributed by atoms with Crippen LogP contribution in [0.2, 0.25) is 0 Å². The maximum absolute atomic E-state index is 6.56. The third-order valence-electron chi connectivity index (χ3n) is 8.92. The second-order valence-corrected chi connectivity index (χ2v) is 11.6. The fraction of sp³-hybridized carbons (Fsp3) is 0. The Morgan fingerprint density at radius 3 is 1.80 bits per heavy atom. The van der Waals surface area contributed by atoms with Crippen molar-refractivity contribution < 1.29 is 4.42 Å². The molecule has 0 saturated carbocycles. The Kier molecular flexibility index (Phi) is 6.14. The summed E-state index contributed by atoms with van der Waals surface area (Å²) >= 11 is 0. The number of fused-ring (bicyclic) bond motifs is 6. The van der Waals surface area contributed by atoms with E-state index in [4.69, 9.17) is 9.40 Å². The molecule has 0 bridgehead atoms. The number of rotatable bonds is 5. The predicted octanol–water partition coefficient (Wildman–Crippen LogP) is 12.1. The van der Waals surface area contributed by atoms with Crippen LogP contribution in [-0.2, 0) is 0 Å². The largest absolute Gasteiger partial charge is 0.455 e. The Labute approximate surface area is 266 Å². The van der Waals surface area contributed by atoms with E-state index in [1.54, 1.807) is 0 Å². The summed E-state index contributed by atoms with van der Waals surface area (Å²) in [5.41, 5.74) is 8.50. The van der Waals surface area contributed by atoms with Crippen molar-refractivity contribution in [1.82, 2.24) is 4.98 Å². The molecule has 0 saturated heterocycles. The molecule has 3 nitrogen and oxygen atoms in total. The molecular weight excluding hydrogens is 560 g/mol. The minimum Gasteiger partial charge on any atom is -0.455 e. The minimum absolute atomic E-state index is 0.793. The van der Waals surface area contributed by atoms with Crippen LogP contribution in [0.1, 0.15) is 0 Å². The van der Waals surface area contributed by atoms with Gasteiger partial charge in [0.15, 0.2) is 0 Å². The first-order valence-electron chi connectivity index (χ1n) is 15.5. The number of anilines is 3. The summed E-state index contributed by atoms with van der Waals surface area (Å²) in [5, 5.41) is 6.83. The monoisotopic (exact) mass is 588 g/mol. The van der Waals surface area contributed by atoms with Gasteiger partial charge in [-0.15, -0.1) is 0 Å². The van der Waals surface area contributed by atoms with Crippen LogP contribution in [-0.4, -0.2) is 4.98 Å². The predicted molar refractivity (Wildman–Crippen MR) is 192 cm³/mol. The van der Waals surface area contributed by atoms with Gasteiger partial charge in [-0.3, -0.25) is 4.90 Å². The van der Waals surface area contributed by atoms with Crippen molar-refractivity contribution in [3.8, 4) is 22.3 Å². The van der Waals surface area contributed by atoms with Crippen LogP contribution in [0.5, 0.6) is 0 Å². The molecule has 0 amide bonds. The van der Waals surface area contributed by atoms with Crippen molar-refractivity contribution in [2.75, 3.05) is 4.90 Å². The average molecular weight is 589 g/mol. The molecule has 9 aromatic rings. The van der Waals surface area contributed by atoms with Crippen LogP contribution < -0.4 is 4.90 Å². The van der Waals surface area contributed by atoms with Crippen molar-refractivity contribution in [1.29, 1.82) is 0 Å². The number of hydrogen-bond acceptors (Lipinski definition) is 3. The smallest absolute Gasteiger partial charge is 0.143 e. The number of benzene rings is 7.